The molecule has 0 bridgehead atoms. The number of nitrogens with one attached hydrogen (secondary N) is 2. The Kier molecular flexibility index (Phi) is 8.02. The summed E-state index contributed by atoms with van der Waals surface area (Å²) in [6.07, 6.45) is 0.399. The van der Waals surface area contributed by atoms with E-state index in [2.05, 4.69) is 34.3 Å². The molecule has 0 radical (unpaired) electrons. The number of likely N-dealkylation sites (N-methyl/N-ethyl adjacent to an activating group) is 1. The molecule has 0 spiro atoms. The number of rotatable bonds is 10. The summed E-state index contributed by atoms with van der Waals surface area (Å²) in [6, 6.07) is 6.56. The van der Waals surface area contributed by atoms with Gasteiger partial charge >= 0.3 is 5.69 Å². The third kappa shape index (κ3) is 5.26. The van der Waals surface area contributed by atoms with E-state index in [1.807, 2.05) is 6.92 Å². The van der Waals surface area contributed by atoms with E-state index in [9.17, 15) is 14.7 Å². The van der Waals surface area contributed by atoms with Crippen molar-refractivity contribution < 1.29 is 9.84 Å². The highest BCUT2D eigenvalue weighted by molar-refractivity contribution is 6.01. The van der Waals surface area contributed by atoms with Crippen molar-refractivity contribution in [3.05, 3.63) is 50.7 Å². The fraction of sp³-hybridized carbons (Fsp3) is 0.450. The summed E-state index contributed by atoms with van der Waals surface area (Å²) in [6.45, 7) is 9.29. The number of nitrogens with zero attached hydrogens (tertiary/aromatic N) is 3. The fourth-order valence-corrected chi connectivity index (χ4v) is 2.97. The summed E-state index contributed by atoms with van der Waals surface area (Å²) < 4.78 is 6.15. The van der Waals surface area contributed by atoms with Gasteiger partial charge in [-0.1, -0.05) is 20.8 Å². The number of methoxy groups -OCH3 is 1. The zero-order chi connectivity index (χ0) is 21.4. The van der Waals surface area contributed by atoms with Gasteiger partial charge in [0, 0.05) is 13.1 Å². The van der Waals surface area contributed by atoms with Gasteiger partial charge in [0.1, 0.15) is 11.3 Å². The second-order valence-electron chi connectivity index (χ2n) is 6.34. The summed E-state index contributed by atoms with van der Waals surface area (Å²) in [7, 11) is 1.54. The molecular formula is C20H29N5O4. The number of benzene rings is 1. The first-order valence-corrected chi connectivity index (χ1v) is 9.71. The smallest absolute Gasteiger partial charge is 0.335 e. The van der Waals surface area contributed by atoms with Crippen LogP contribution in [-0.2, 0) is 0 Å². The third-order valence-electron chi connectivity index (χ3n) is 4.69. The quantitative estimate of drug-likeness (QED) is 0.313. The standard InChI is InChI=1S/C20H29N5O4/c1-5-16(23-21-12-13-24(6-2)7-3)17-18(26)22-20(28)25(19(17)27)14-8-10-15(29-4)11-9-14/h8-11,21,27H,5-7,12-13H2,1-4H3,(H,22,26,28). The minimum absolute atomic E-state index is 0.0294. The highest BCUT2D eigenvalue weighted by Gasteiger charge is 2.19. The predicted molar refractivity (Wildman–Crippen MR) is 113 cm³/mol. The highest BCUT2D eigenvalue weighted by atomic mass is 16.5. The first-order valence-electron chi connectivity index (χ1n) is 9.71. The number of aromatic amines is 1. The van der Waals surface area contributed by atoms with E-state index >= 15 is 0 Å². The number of H-pyrrole nitrogens is 1. The van der Waals surface area contributed by atoms with Gasteiger partial charge in [-0.3, -0.25) is 9.78 Å². The summed E-state index contributed by atoms with van der Waals surface area (Å²) in [4.78, 5) is 29.2. The SMILES string of the molecule is CCC(=NNCCN(CC)CC)c1c(O)n(-c2ccc(OC)cc2)c(=O)[nH]c1=O. The minimum atomic E-state index is -0.730. The second kappa shape index (κ2) is 10.5. The van der Waals surface area contributed by atoms with Crippen LogP contribution in [0.5, 0.6) is 11.6 Å². The van der Waals surface area contributed by atoms with Gasteiger partial charge in [-0.05, 0) is 43.8 Å². The zero-order valence-electron chi connectivity index (χ0n) is 17.4. The molecule has 0 amide bonds. The van der Waals surface area contributed by atoms with Crippen molar-refractivity contribution in [3.8, 4) is 17.3 Å². The molecule has 158 valence electrons. The molecule has 0 aliphatic heterocycles. The van der Waals surface area contributed by atoms with E-state index in [-0.39, 0.29) is 5.56 Å². The first kappa shape index (κ1) is 22.2. The lowest BCUT2D eigenvalue weighted by Crippen LogP contribution is -2.34. The maximum Gasteiger partial charge on any atom is 0.335 e. The maximum absolute atomic E-state index is 12.4. The molecule has 3 N–H and O–H groups in total. The Morgan fingerprint density at radius 2 is 1.86 bits per heavy atom. The Labute approximate surface area is 169 Å². The van der Waals surface area contributed by atoms with Crippen molar-refractivity contribution in [1.29, 1.82) is 0 Å². The third-order valence-corrected chi connectivity index (χ3v) is 4.69. The number of aromatic nitrogens is 2. The first-order chi connectivity index (χ1) is 14.0. The number of ether oxygens (including phenoxy) is 1. The van der Waals surface area contributed by atoms with Crippen LogP contribution in [-0.4, -0.2) is 58.6 Å². The van der Waals surface area contributed by atoms with Crippen molar-refractivity contribution in [3.63, 3.8) is 0 Å². The normalized spacial score (nSPS) is 11.7. The van der Waals surface area contributed by atoms with E-state index < -0.39 is 17.1 Å². The highest BCUT2D eigenvalue weighted by Crippen LogP contribution is 2.20. The summed E-state index contributed by atoms with van der Waals surface area (Å²) in [5, 5.41) is 15.0. The molecule has 0 fully saturated rings. The second-order valence-corrected chi connectivity index (χ2v) is 6.34. The van der Waals surface area contributed by atoms with Crippen LogP contribution in [0.1, 0.15) is 32.8 Å². The molecule has 0 atom stereocenters. The van der Waals surface area contributed by atoms with Gasteiger partial charge in [-0.15, -0.1) is 0 Å². The molecule has 1 aromatic heterocycles. The summed E-state index contributed by atoms with van der Waals surface area (Å²) >= 11 is 0. The largest absolute Gasteiger partial charge is 0.497 e. The van der Waals surface area contributed by atoms with Crippen molar-refractivity contribution in [2.24, 2.45) is 5.10 Å². The molecule has 9 nitrogen and oxygen atoms in total. The van der Waals surface area contributed by atoms with E-state index in [0.717, 1.165) is 24.2 Å². The molecule has 0 saturated carbocycles. The van der Waals surface area contributed by atoms with Gasteiger partial charge in [-0.2, -0.15) is 5.10 Å². The van der Waals surface area contributed by atoms with E-state index in [1.54, 1.807) is 24.3 Å². The number of hydrogen-bond acceptors (Lipinski definition) is 7. The molecule has 0 unspecified atom stereocenters. The lowest BCUT2D eigenvalue weighted by Gasteiger charge is -2.17. The number of aromatic hydroxyl groups is 1. The van der Waals surface area contributed by atoms with Crippen LogP contribution in [0.3, 0.4) is 0 Å². The Morgan fingerprint density at radius 1 is 1.21 bits per heavy atom. The molecule has 29 heavy (non-hydrogen) atoms. The van der Waals surface area contributed by atoms with Gasteiger partial charge in [0.15, 0.2) is 0 Å². The van der Waals surface area contributed by atoms with Gasteiger partial charge in [-0.25, -0.2) is 9.36 Å². The van der Waals surface area contributed by atoms with Crippen molar-refractivity contribution in [1.82, 2.24) is 19.9 Å². The van der Waals surface area contributed by atoms with Crippen LogP contribution in [0.25, 0.3) is 5.69 Å². The van der Waals surface area contributed by atoms with Crippen LogP contribution in [0, 0.1) is 0 Å². The fourth-order valence-electron chi connectivity index (χ4n) is 2.97. The Bertz CT molecular complexity index is 943. The van der Waals surface area contributed by atoms with Crippen LogP contribution >= 0.6 is 0 Å². The lowest BCUT2D eigenvalue weighted by atomic mass is 10.1. The van der Waals surface area contributed by atoms with Crippen LogP contribution in [0.4, 0.5) is 0 Å². The van der Waals surface area contributed by atoms with Gasteiger partial charge in [0.05, 0.1) is 18.5 Å². The lowest BCUT2D eigenvalue weighted by molar-refractivity contribution is 0.303. The molecule has 1 aromatic carbocycles. The average Bonchev–Trinajstić information content (AvgIpc) is 2.72. The molecule has 0 aliphatic carbocycles. The Morgan fingerprint density at radius 3 is 2.41 bits per heavy atom. The molecule has 2 aromatic rings. The summed E-state index contributed by atoms with van der Waals surface area (Å²) in [5.74, 6) is 0.161. The minimum Gasteiger partial charge on any atom is -0.497 e. The van der Waals surface area contributed by atoms with E-state index in [0.29, 0.717) is 30.1 Å². The van der Waals surface area contributed by atoms with Crippen molar-refractivity contribution in [2.45, 2.75) is 27.2 Å². The monoisotopic (exact) mass is 403 g/mol. The molecule has 0 saturated heterocycles. The van der Waals surface area contributed by atoms with Crippen molar-refractivity contribution in [2.75, 3.05) is 33.3 Å². The Hall–Kier alpha value is -3.07. The molecule has 1 heterocycles. The van der Waals surface area contributed by atoms with Crippen LogP contribution < -0.4 is 21.4 Å². The maximum atomic E-state index is 12.4. The van der Waals surface area contributed by atoms with Gasteiger partial charge in [0.2, 0.25) is 5.88 Å². The number of hydrogen-bond donors (Lipinski definition) is 3. The predicted octanol–water partition coefficient (Wildman–Crippen LogP) is 1.29. The van der Waals surface area contributed by atoms with Crippen LogP contribution in [0.15, 0.2) is 39.0 Å². The Balaban J connectivity index is 2.39. The van der Waals surface area contributed by atoms with Gasteiger partial charge < -0.3 is 20.2 Å². The molecule has 0 aliphatic rings. The molecule has 9 heteroatoms. The topological polar surface area (TPSA) is 112 Å². The average molecular weight is 403 g/mol. The van der Waals surface area contributed by atoms with Crippen LogP contribution in [0.2, 0.25) is 0 Å². The number of hydrazone groups is 1. The zero-order valence-corrected chi connectivity index (χ0v) is 17.4. The summed E-state index contributed by atoms with van der Waals surface area (Å²) in [5.41, 5.74) is 2.28. The van der Waals surface area contributed by atoms with E-state index in [1.165, 1.54) is 7.11 Å². The van der Waals surface area contributed by atoms with Gasteiger partial charge in [0.25, 0.3) is 5.56 Å². The van der Waals surface area contributed by atoms with E-state index in [4.69, 9.17) is 4.74 Å². The van der Waals surface area contributed by atoms with Crippen molar-refractivity contribution >= 4 is 5.71 Å². The molecule has 2 rings (SSSR count). The molecular weight excluding hydrogens is 374 g/mol.